The zero-order valence-electron chi connectivity index (χ0n) is 16.3. The Hall–Kier alpha value is -1.88. The molecule has 1 aliphatic rings. The standard InChI is InChI=1S/C21H28ClFN2O2/c1-13(2)9-16-12-25(19(10-14(3)4)21(27)24-16)20(26)8-6-15-5-7-18(23)17(22)11-15/h5-8,11,13-14,16,19H,9-10,12H2,1-4H3,(H,24,27)/b8-6+/t16-,19-/m0/s1. The molecule has 0 aromatic heterocycles. The van der Waals surface area contributed by atoms with E-state index in [1.807, 2.05) is 13.8 Å². The Morgan fingerprint density at radius 1 is 1.30 bits per heavy atom. The van der Waals surface area contributed by atoms with Crippen molar-refractivity contribution < 1.29 is 14.0 Å². The fourth-order valence-electron chi connectivity index (χ4n) is 3.36. The number of nitrogens with one attached hydrogen (secondary N) is 1. The molecule has 2 atom stereocenters. The molecule has 1 saturated heterocycles. The molecule has 4 nitrogen and oxygen atoms in total. The van der Waals surface area contributed by atoms with Gasteiger partial charge in [-0.15, -0.1) is 0 Å². The lowest BCUT2D eigenvalue weighted by molar-refractivity contribution is -0.142. The maximum absolute atomic E-state index is 13.3. The third-order valence-corrected chi connectivity index (χ3v) is 4.83. The number of carbonyl (C=O) groups is 2. The van der Waals surface area contributed by atoms with Crippen molar-refractivity contribution in [2.24, 2.45) is 11.8 Å². The first-order chi connectivity index (χ1) is 12.7. The molecule has 0 aliphatic carbocycles. The van der Waals surface area contributed by atoms with Crippen molar-refractivity contribution in [1.29, 1.82) is 0 Å². The van der Waals surface area contributed by atoms with Crippen LogP contribution in [0.4, 0.5) is 4.39 Å². The van der Waals surface area contributed by atoms with Crippen LogP contribution in [-0.2, 0) is 9.59 Å². The summed E-state index contributed by atoms with van der Waals surface area (Å²) in [4.78, 5) is 27.1. The minimum Gasteiger partial charge on any atom is -0.350 e. The van der Waals surface area contributed by atoms with E-state index in [0.29, 0.717) is 24.4 Å². The minimum absolute atomic E-state index is 0.0108. The number of rotatable bonds is 6. The summed E-state index contributed by atoms with van der Waals surface area (Å²) in [6.45, 7) is 8.75. The fourth-order valence-corrected chi connectivity index (χ4v) is 3.54. The Balaban J connectivity index is 2.19. The molecule has 1 heterocycles. The Kier molecular flexibility index (Phi) is 7.42. The highest BCUT2D eigenvalue weighted by atomic mass is 35.5. The second-order valence-electron chi connectivity index (χ2n) is 7.98. The van der Waals surface area contributed by atoms with Gasteiger partial charge < -0.3 is 10.2 Å². The van der Waals surface area contributed by atoms with E-state index in [0.717, 1.165) is 6.42 Å². The van der Waals surface area contributed by atoms with Crippen LogP contribution < -0.4 is 5.32 Å². The Morgan fingerprint density at radius 2 is 1.96 bits per heavy atom. The van der Waals surface area contributed by atoms with Gasteiger partial charge in [-0.1, -0.05) is 45.4 Å². The Morgan fingerprint density at radius 3 is 2.56 bits per heavy atom. The van der Waals surface area contributed by atoms with Gasteiger partial charge in [-0.25, -0.2) is 4.39 Å². The van der Waals surface area contributed by atoms with Gasteiger partial charge >= 0.3 is 0 Å². The number of hydrogen-bond acceptors (Lipinski definition) is 2. The summed E-state index contributed by atoms with van der Waals surface area (Å²) in [5.41, 5.74) is 0.635. The van der Waals surface area contributed by atoms with Crippen LogP contribution >= 0.6 is 11.6 Å². The summed E-state index contributed by atoms with van der Waals surface area (Å²) in [5, 5.41) is 3.07. The smallest absolute Gasteiger partial charge is 0.247 e. The molecule has 1 fully saturated rings. The number of nitrogens with zero attached hydrogens (tertiary/aromatic N) is 1. The zero-order chi connectivity index (χ0) is 20.1. The summed E-state index contributed by atoms with van der Waals surface area (Å²) in [6.07, 6.45) is 4.47. The molecule has 6 heteroatoms. The van der Waals surface area contributed by atoms with Crippen LogP contribution in [-0.4, -0.2) is 35.3 Å². The SMILES string of the molecule is CC(C)C[C@H]1CN(C(=O)/C=C/c2ccc(F)c(Cl)c2)[C@@H](CC(C)C)C(=O)N1. The third kappa shape index (κ3) is 6.06. The molecule has 0 unspecified atom stereocenters. The topological polar surface area (TPSA) is 49.4 Å². The highest BCUT2D eigenvalue weighted by molar-refractivity contribution is 6.30. The van der Waals surface area contributed by atoms with E-state index < -0.39 is 11.9 Å². The molecule has 2 amide bonds. The first-order valence-corrected chi connectivity index (χ1v) is 9.79. The van der Waals surface area contributed by atoms with Gasteiger partial charge in [-0.2, -0.15) is 0 Å². The molecule has 0 spiro atoms. The quantitative estimate of drug-likeness (QED) is 0.732. The van der Waals surface area contributed by atoms with Gasteiger partial charge in [0.05, 0.1) is 5.02 Å². The first-order valence-electron chi connectivity index (χ1n) is 9.41. The van der Waals surface area contributed by atoms with E-state index in [2.05, 4.69) is 19.2 Å². The second-order valence-corrected chi connectivity index (χ2v) is 8.39. The van der Waals surface area contributed by atoms with E-state index in [9.17, 15) is 14.0 Å². The zero-order valence-corrected chi connectivity index (χ0v) is 17.1. The molecule has 148 valence electrons. The average molecular weight is 395 g/mol. The van der Waals surface area contributed by atoms with Crippen LogP contribution in [0, 0.1) is 17.7 Å². The number of carbonyl (C=O) groups excluding carboxylic acids is 2. The molecule has 1 aromatic carbocycles. The number of piperazine rings is 1. The predicted molar refractivity (Wildman–Crippen MR) is 107 cm³/mol. The molecule has 0 saturated carbocycles. The van der Waals surface area contributed by atoms with Gasteiger partial charge in [0.1, 0.15) is 11.9 Å². The van der Waals surface area contributed by atoms with Gasteiger partial charge in [0.15, 0.2) is 0 Å². The van der Waals surface area contributed by atoms with E-state index in [-0.39, 0.29) is 28.8 Å². The van der Waals surface area contributed by atoms with Crippen molar-refractivity contribution in [1.82, 2.24) is 10.2 Å². The number of hydrogen-bond donors (Lipinski definition) is 1. The van der Waals surface area contributed by atoms with Crippen LogP contribution in [0.3, 0.4) is 0 Å². The monoisotopic (exact) mass is 394 g/mol. The number of amides is 2. The largest absolute Gasteiger partial charge is 0.350 e. The summed E-state index contributed by atoms with van der Waals surface area (Å²) in [7, 11) is 0. The van der Waals surface area contributed by atoms with E-state index in [4.69, 9.17) is 11.6 Å². The Labute approximate surface area is 165 Å². The van der Waals surface area contributed by atoms with Crippen LogP contribution in [0.2, 0.25) is 5.02 Å². The van der Waals surface area contributed by atoms with Crippen LogP contribution in [0.1, 0.15) is 46.1 Å². The molecule has 1 N–H and O–H groups in total. The minimum atomic E-state index is -0.499. The van der Waals surface area contributed by atoms with E-state index in [1.165, 1.54) is 18.2 Å². The molecule has 0 radical (unpaired) electrons. The average Bonchev–Trinajstić information content (AvgIpc) is 2.57. The van der Waals surface area contributed by atoms with Crippen LogP contribution in [0.15, 0.2) is 24.3 Å². The molecule has 2 rings (SSSR count). The third-order valence-electron chi connectivity index (χ3n) is 4.54. The van der Waals surface area contributed by atoms with Crippen LogP contribution in [0.5, 0.6) is 0 Å². The van der Waals surface area contributed by atoms with Crippen molar-refractivity contribution in [3.63, 3.8) is 0 Å². The lowest BCUT2D eigenvalue weighted by Gasteiger charge is -2.40. The van der Waals surface area contributed by atoms with Crippen molar-refractivity contribution in [2.75, 3.05) is 6.54 Å². The summed E-state index contributed by atoms with van der Waals surface area (Å²) < 4.78 is 13.3. The van der Waals surface area contributed by atoms with Gasteiger partial charge in [0.25, 0.3) is 0 Å². The lowest BCUT2D eigenvalue weighted by atomic mass is 9.95. The van der Waals surface area contributed by atoms with E-state index in [1.54, 1.807) is 17.0 Å². The normalized spacial score (nSPS) is 20.6. The predicted octanol–water partition coefficient (Wildman–Crippen LogP) is 4.28. The molecular weight excluding hydrogens is 367 g/mol. The van der Waals surface area contributed by atoms with Crippen molar-refractivity contribution in [3.05, 3.63) is 40.7 Å². The number of benzene rings is 1. The molecule has 27 heavy (non-hydrogen) atoms. The number of halogens is 2. The fraction of sp³-hybridized carbons (Fsp3) is 0.524. The molecular formula is C21H28ClFN2O2. The van der Waals surface area contributed by atoms with Crippen molar-refractivity contribution in [3.8, 4) is 0 Å². The highest BCUT2D eigenvalue weighted by Crippen LogP contribution is 2.21. The summed E-state index contributed by atoms with van der Waals surface area (Å²) >= 11 is 5.79. The van der Waals surface area contributed by atoms with Gasteiger partial charge in [0, 0.05) is 18.7 Å². The summed E-state index contributed by atoms with van der Waals surface area (Å²) in [6, 6.07) is 3.78. The Bertz CT molecular complexity index is 718. The molecule has 1 aliphatic heterocycles. The maximum Gasteiger partial charge on any atom is 0.247 e. The second kappa shape index (κ2) is 9.36. The van der Waals surface area contributed by atoms with E-state index >= 15 is 0 Å². The van der Waals surface area contributed by atoms with Crippen molar-refractivity contribution in [2.45, 2.75) is 52.6 Å². The van der Waals surface area contributed by atoms with Crippen molar-refractivity contribution >= 4 is 29.5 Å². The molecule has 0 bridgehead atoms. The first kappa shape index (κ1) is 21.4. The van der Waals surface area contributed by atoms with Crippen LogP contribution in [0.25, 0.3) is 6.08 Å². The highest BCUT2D eigenvalue weighted by Gasteiger charge is 2.36. The summed E-state index contributed by atoms with van der Waals surface area (Å²) in [5.74, 6) is -0.0957. The maximum atomic E-state index is 13.3. The van der Waals surface area contributed by atoms with Gasteiger partial charge in [0.2, 0.25) is 11.8 Å². The lowest BCUT2D eigenvalue weighted by Crippen LogP contribution is -2.61. The van der Waals surface area contributed by atoms with Gasteiger partial charge in [-0.3, -0.25) is 9.59 Å². The van der Waals surface area contributed by atoms with Gasteiger partial charge in [-0.05, 0) is 48.4 Å². The molecule has 1 aromatic rings.